The highest BCUT2D eigenvalue weighted by atomic mass is 14.2. The van der Waals surface area contributed by atoms with E-state index in [1.54, 1.807) is 0 Å². The van der Waals surface area contributed by atoms with E-state index in [0.29, 0.717) is 0 Å². The lowest BCUT2D eigenvalue weighted by molar-refractivity contribution is 0.591. The Bertz CT molecular complexity index is 2220. The van der Waals surface area contributed by atoms with Gasteiger partial charge in [-0.25, -0.2) is 0 Å². The number of fused-ring (bicyclic) bond motifs is 2. The van der Waals surface area contributed by atoms with Crippen LogP contribution in [-0.4, -0.2) is 0 Å². The molecule has 0 saturated heterocycles. The Morgan fingerprint density at radius 2 is 0.900 bits per heavy atom. The predicted molar refractivity (Wildman–Crippen MR) is 175 cm³/mol. The van der Waals surface area contributed by atoms with Gasteiger partial charge in [-0.1, -0.05) is 130 Å². The van der Waals surface area contributed by atoms with Crippen molar-refractivity contribution in [1.82, 2.24) is 0 Å². The molecular formula is C40H30. The molecule has 8 aromatic carbocycles. The molecule has 0 fully saturated rings. The third-order valence-corrected chi connectivity index (χ3v) is 8.70. The summed E-state index contributed by atoms with van der Waals surface area (Å²) in [4.78, 5) is 0. The largest absolute Gasteiger partial charge is 0.0616 e. The molecule has 0 heterocycles. The number of hydrogen-bond acceptors (Lipinski definition) is 0. The van der Waals surface area contributed by atoms with Crippen molar-refractivity contribution < 1.29 is 0 Å². The lowest BCUT2D eigenvalue weighted by Crippen LogP contribution is -2.10. The van der Waals surface area contributed by atoms with E-state index in [9.17, 15) is 0 Å². The van der Waals surface area contributed by atoms with Crippen molar-refractivity contribution in [2.45, 2.75) is 26.2 Å². The van der Waals surface area contributed by atoms with Gasteiger partial charge in [0.25, 0.3) is 0 Å². The first kappa shape index (κ1) is 23.2. The van der Waals surface area contributed by atoms with Gasteiger partial charge in [-0.05, 0) is 105 Å². The number of benzene rings is 8. The van der Waals surface area contributed by atoms with Crippen molar-refractivity contribution in [2.75, 3.05) is 0 Å². The Labute approximate surface area is 234 Å². The van der Waals surface area contributed by atoms with Crippen LogP contribution in [0.15, 0.2) is 127 Å². The van der Waals surface area contributed by atoms with Crippen molar-refractivity contribution in [2.24, 2.45) is 0 Å². The Morgan fingerprint density at radius 1 is 0.375 bits per heavy atom. The summed E-state index contributed by atoms with van der Waals surface area (Å²) >= 11 is 0. The van der Waals surface area contributed by atoms with E-state index in [2.05, 4.69) is 148 Å². The molecule has 0 radical (unpaired) electrons. The summed E-state index contributed by atoms with van der Waals surface area (Å²) in [6.45, 7) is 6.88. The van der Waals surface area contributed by atoms with Gasteiger partial charge in [-0.2, -0.15) is 0 Å². The second-order valence-corrected chi connectivity index (χ2v) is 12.3. The third kappa shape index (κ3) is 3.60. The van der Waals surface area contributed by atoms with Gasteiger partial charge < -0.3 is 0 Å². The summed E-state index contributed by atoms with van der Waals surface area (Å²) in [5, 5.41) is 13.1. The van der Waals surface area contributed by atoms with Gasteiger partial charge in [0.1, 0.15) is 0 Å². The van der Waals surface area contributed by atoms with Crippen LogP contribution in [0.2, 0.25) is 0 Å². The topological polar surface area (TPSA) is 0 Å². The van der Waals surface area contributed by atoms with Crippen molar-refractivity contribution in [3.05, 3.63) is 133 Å². The normalized spacial score (nSPS) is 12.4. The molecule has 190 valence electrons. The van der Waals surface area contributed by atoms with Crippen molar-refractivity contribution in [3.63, 3.8) is 0 Å². The fourth-order valence-electron chi connectivity index (χ4n) is 6.47. The van der Waals surface area contributed by atoms with E-state index in [4.69, 9.17) is 0 Å². The SMILES string of the molecule is CC(C)(C)c1cc2ccc3ccc(-c4ccc5ccc(-c6ccc7ccccc7c6)cc5c4)c4ccc(c1)c2c34. The maximum Gasteiger partial charge on any atom is -0.00206 e. The van der Waals surface area contributed by atoms with Crippen LogP contribution in [0.4, 0.5) is 0 Å². The number of rotatable bonds is 2. The molecule has 0 amide bonds. The van der Waals surface area contributed by atoms with Gasteiger partial charge >= 0.3 is 0 Å². The predicted octanol–water partition coefficient (Wildman–Crippen LogP) is 11.5. The zero-order valence-corrected chi connectivity index (χ0v) is 23.1. The van der Waals surface area contributed by atoms with Crippen molar-refractivity contribution in [3.8, 4) is 22.3 Å². The van der Waals surface area contributed by atoms with Crippen LogP contribution in [0.1, 0.15) is 26.3 Å². The van der Waals surface area contributed by atoms with Crippen LogP contribution in [0, 0.1) is 0 Å². The molecule has 0 nitrogen and oxygen atoms in total. The maximum absolute atomic E-state index is 2.39. The molecule has 0 aromatic heterocycles. The zero-order chi connectivity index (χ0) is 27.0. The Balaban J connectivity index is 1.30. The molecule has 0 heteroatoms. The molecule has 0 saturated carbocycles. The average Bonchev–Trinajstić information content (AvgIpc) is 2.98. The van der Waals surface area contributed by atoms with E-state index >= 15 is 0 Å². The van der Waals surface area contributed by atoms with E-state index in [1.807, 2.05) is 0 Å². The van der Waals surface area contributed by atoms with Crippen LogP contribution < -0.4 is 0 Å². The summed E-state index contributed by atoms with van der Waals surface area (Å²) in [6, 6.07) is 47.7. The highest BCUT2D eigenvalue weighted by Gasteiger charge is 2.18. The van der Waals surface area contributed by atoms with Crippen LogP contribution >= 0.6 is 0 Å². The van der Waals surface area contributed by atoms with Gasteiger partial charge in [-0.15, -0.1) is 0 Å². The highest BCUT2D eigenvalue weighted by Crippen LogP contribution is 2.41. The molecule has 0 aliphatic carbocycles. The van der Waals surface area contributed by atoms with Gasteiger partial charge in [0.15, 0.2) is 0 Å². The Morgan fingerprint density at radius 3 is 1.62 bits per heavy atom. The molecule has 8 rings (SSSR count). The lowest BCUT2D eigenvalue weighted by Gasteiger charge is -2.22. The molecule has 8 aromatic rings. The molecule has 0 bridgehead atoms. The van der Waals surface area contributed by atoms with Gasteiger partial charge in [0.05, 0.1) is 0 Å². The average molecular weight is 511 g/mol. The maximum atomic E-state index is 2.39. The van der Waals surface area contributed by atoms with Gasteiger partial charge in [0, 0.05) is 0 Å². The van der Waals surface area contributed by atoms with E-state index in [-0.39, 0.29) is 5.41 Å². The molecule has 0 aliphatic heterocycles. The van der Waals surface area contributed by atoms with Crippen LogP contribution in [0.3, 0.4) is 0 Å². The Kier molecular flexibility index (Phi) is 4.88. The minimum Gasteiger partial charge on any atom is -0.0616 e. The first-order chi connectivity index (χ1) is 19.4. The standard InChI is InChI=1S/C40H30/c1-40(2,3)35-23-32-15-11-27-16-18-36(37-19-17-33(24-35)38(32)39(27)37)31-14-10-26-9-13-30(21-34(26)22-31)29-12-8-25-6-4-5-7-28(25)20-29/h4-24H,1-3H3. The highest BCUT2D eigenvalue weighted by molar-refractivity contribution is 6.25. The second-order valence-electron chi connectivity index (χ2n) is 12.3. The smallest absolute Gasteiger partial charge is 0.00206 e. The van der Waals surface area contributed by atoms with Crippen molar-refractivity contribution >= 4 is 53.9 Å². The summed E-state index contributed by atoms with van der Waals surface area (Å²) in [5.74, 6) is 0. The first-order valence-corrected chi connectivity index (χ1v) is 14.2. The van der Waals surface area contributed by atoms with Gasteiger partial charge in [-0.3, -0.25) is 0 Å². The molecule has 0 aliphatic rings. The summed E-state index contributed by atoms with van der Waals surface area (Å²) in [7, 11) is 0. The fraction of sp³-hybridized carbons (Fsp3) is 0.100. The third-order valence-electron chi connectivity index (χ3n) is 8.70. The van der Waals surface area contributed by atoms with Crippen LogP contribution in [-0.2, 0) is 5.41 Å². The summed E-state index contributed by atoms with van der Waals surface area (Å²) in [5.41, 5.74) is 6.56. The summed E-state index contributed by atoms with van der Waals surface area (Å²) in [6.07, 6.45) is 0. The summed E-state index contributed by atoms with van der Waals surface area (Å²) < 4.78 is 0. The van der Waals surface area contributed by atoms with Crippen LogP contribution in [0.25, 0.3) is 76.1 Å². The quantitative estimate of drug-likeness (QED) is 0.203. The van der Waals surface area contributed by atoms with E-state index in [1.165, 1.54) is 81.7 Å². The van der Waals surface area contributed by atoms with E-state index in [0.717, 1.165) is 0 Å². The monoisotopic (exact) mass is 510 g/mol. The molecule has 0 atom stereocenters. The molecule has 40 heavy (non-hydrogen) atoms. The van der Waals surface area contributed by atoms with Crippen LogP contribution in [0.5, 0.6) is 0 Å². The minimum absolute atomic E-state index is 0.117. The van der Waals surface area contributed by atoms with E-state index < -0.39 is 0 Å². The second kappa shape index (κ2) is 8.41. The zero-order valence-electron chi connectivity index (χ0n) is 23.1. The Hall–Kier alpha value is -4.68. The minimum atomic E-state index is 0.117. The first-order valence-electron chi connectivity index (χ1n) is 14.2. The molecule has 0 N–H and O–H groups in total. The number of hydrogen-bond donors (Lipinski definition) is 0. The molecular weight excluding hydrogens is 480 g/mol. The fourth-order valence-corrected chi connectivity index (χ4v) is 6.47. The molecule has 0 spiro atoms. The molecule has 0 unspecified atom stereocenters. The lowest BCUT2D eigenvalue weighted by atomic mass is 9.82. The van der Waals surface area contributed by atoms with Crippen molar-refractivity contribution in [1.29, 1.82) is 0 Å². The van der Waals surface area contributed by atoms with Gasteiger partial charge in [0.2, 0.25) is 0 Å².